The maximum absolute atomic E-state index is 12.5. The van der Waals surface area contributed by atoms with Crippen molar-refractivity contribution >= 4 is 35.2 Å². The maximum Gasteiger partial charge on any atom is 0.352 e. The van der Waals surface area contributed by atoms with E-state index in [4.69, 9.17) is 22.4 Å². The molecule has 3 aromatic rings. The molecule has 1 fully saturated rings. The minimum absolute atomic E-state index is 0.0475. The fraction of sp³-hybridized carbons (Fsp3) is 0.333. The van der Waals surface area contributed by atoms with E-state index < -0.39 is 17.8 Å². The quantitative estimate of drug-likeness (QED) is 0.278. The number of aromatic nitrogens is 3. The summed E-state index contributed by atoms with van der Waals surface area (Å²) in [6, 6.07) is 5.85. The Morgan fingerprint density at radius 3 is 2.61 bits per heavy atom. The van der Waals surface area contributed by atoms with Crippen molar-refractivity contribution in [1.82, 2.24) is 20.3 Å². The van der Waals surface area contributed by atoms with Gasteiger partial charge in [-0.2, -0.15) is 0 Å². The molecule has 0 saturated heterocycles. The molecule has 10 nitrogen and oxygen atoms in total. The second-order valence-electron chi connectivity index (χ2n) is 8.20. The Bertz CT molecular complexity index is 1200. The summed E-state index contributed by atoms with van der Waals surface area (Å²) in [6.45, 7) is 0.389. The van der Waals surface area contributed by atoms with Crippen LogP contribution in [0.1, 0.15) is 48.2 Å². The lowest BCUT2D eigenvalue weighted by molar-refractivity contribution is 0.0691. The lowest BCUT2D eigenvalue weighted by Crippen LogP contribution is -2.26. The Morgan fingerprint density at radius 2 is 2.00 bits per heavy atom. The van der Waals surface area contributed by atoms with Crippen LogP contribution in [0.2, 0.25) is 5.02 Å². The molecule has 0 unspecified atom stereocenters. The van der Waals surface area contributed by atoms with Crippen molar-refractivity contribution in [2.75, 3.05) is 17.7 Å². The third kappa shape index (κ3) is 7.40. The zero-order chi connectivity index (χ0) is 26.1. The van der Waals surface area contributed by atoms with Crippen LogP contribution in [0.15, 0.2) is 36.7 Å². The SMILES string of the molecule is CNC(=O)Nc1cnc(NC2CCCCC2)nc1-c1c[nH]c(C(=O)O)c1.NCc1ccc(F)c(Cl)c1. The van der Waals surface area contributed by atoms with Crippen LogP contribution < -0.4 is 21.7 Å². The van der Waals surface area contributed by atoms with Crippen LogP contribution in [0.4, 0.5) is 20.8 Å². The van der Waals surface area contributed by atoms with Crippen molar-refractivity contribution in [3.63, 3.8) is 0 Å². The maximum atomic E-state index is 12.5. The van der Waals surface area contributed by atoms with Gasteiger partial charge in [0.2, 0.25) is 5.95 Å². The summed E-state index contributed by atoms with van der Waals surface area (Å²) in [5, 5.41) is 17.7. The second-order valence-corrected chi connectivity index (χ2v) is 8.61. The number of nitrogens with zero attached hydrogens (tertiary/aromatic N) is 2. The fourth-order valence-electron chi connectivity index (χ4n) is 3.70. The number of amides is 2. The molecule has 7 N–H and O–H groups in total. The number of carbonyl (C=O) groups is 2. The summed E-state index contributed by atoms with van der Waals surface area (Å²) in [7, 11) is 1.51. The van der Waals surface area contributed by atoms with Crippen LogP contribution in [0.25, 0.3) is 11.3 Å². The van der Waals surface area contributed by atoms with E-state index in [2.05, 4.69) is 30.9 Å². The van der Waals surface area contributed by atoms with Gasteiger partial charge in [-0.3, -0.25) is 0 Å². The summed E-state index contributed by atoms with van der Waals surface area (Å²) in [5.41, 5.74) is 7.58. The zero-order valence-corrected chi connectivity index (χ0v) is 20.5. The molecule has 0 radical (unpaired) electrons. The Balaban J connectivity index is 0.000000303. The van der Waals surface area contributed by atoms with Gasteiger partial charge in [0.05, 0.1) is 16.9 Å². The topological polar surface area (TPSA) is 158 Å². The van der Waals surface area contributed by atoms with Gasteiger partial charge >= 0.3 is 12.0 Å². The van der Waals surface area contributed by atoms with Crippen molar-refractivity contribution in [3.8, 4) is 11.3 Å². The minimum Gasteiger partial charge on any atom is -0.477 e. The van der Waals surface area contributed by atoms with E-state index in [1.165, 1.54) is 50.7 Å². The summed E-state index contributed by atoms with van der Waals surface area (Å²) in [4.78, 5) is 34.3. The van der Waals surface area contributed by atoms with E-state index in [1.54, 1.807) is 12.3 Å². The van der Waals surface area contributed by atoms with Gasteiger partial charge in [0.15, 0.2) is 0 Å². The molecule has 192 valence electrons. The lowest BCUT2D eigenvalue weighted by Gasteiger charge is -2.23. The zero-order valence-electron chi connectivity index (χ0n) is 19.8. The van der Waals surface area contributed by atoms with Crippen LogP contribution >= 0.6 is 11.6 Å². The molecular weight excluding hydrogens is 489 g/mol. The molecule has 1 aliphatic rings. The van der Waals surface area contributed by atoms with Gasteiger partial charge in [0, 0.05) is 31.4 Å². The Hall–Kier alpha value is -3.70. The summed E-state index contributed by atoms with van der Waals surface area (Å²) in [6.07, 6.45) is 8.83. The van der Waals surface area contributed by atoms with E-state index in [0.29, 0.717) is 35.5 Å². The van der Waals surface area contributed by atoms with Crippen LogP contribution in [0.3, 0.4) is 0 Å². The smallest absolute Gasteiger partial charge is 0.352 e. The van der Waals surface area contributed by atoms with Gasteiger partial charge in [-0.15, -0.1) is 0 Å². The van der Waals surface area contributed by atoms with Gasteiger partial charge in [-0.1, -0.05) is 36.9 Å². The number of urea groups is 1. The average molecular weight is 518 g/mol. The number of hydrogen-bond acceptors (Lipinski definition) is 6. The number of halogens is 2. The number of benzene rings is 1. The van der Waals surface area contributed by atoms with Gasteiger partial charge in [0.1, 0.15) is 17.2 Å². The van der Waals surface area contributed by atoms with Gasteiger partial charge in [-0.25, -0.2) is 23.9 Å². The van der Waals surface area contributed by atoms with Gasteiger partial charge in [0.25, 0.3) is 0 Å². The Labute approximate surface area is 212 Å². The third-order valence-electron chi connectivity index (χ3n) is 5.61. The number of nitrogens with one attached hydrogen (secondary N) is 4. The number of nitrogens with two attached hydrogens (primary N) is 1. The van der Waals surface area contributed by atoms with Crippen molar-refractivity contribution in [3.05, 3.63) is 58.8 Å². The fourth-order valence-corrected chi connectivity index (χ4v) is 3.90. The Kier molecular flexibility index (Phi) is 9.60. The van der Waals surface area contributed by atoms with E-state index in [1.807, 2.05) is 0 Å². The first-order chi connectivity index (χ1) is 17.3. The predicted molar refractivity (Wildman–Crippen MR) is 137 cm³/mol. The highest BCUT2D eigenvalue weighted by Gasteiger charge is 2.18. The van der Waals surface area contributed by atoms with E-state index in [9.17, 15) is 14.0 Å². The molecule has 1 saturated carbocycles. The normalized spacial score (nSPS) is 13.3. The lowest BCUT2D eigenvalue weighted by atomic mass is 9.96. The van der Waals surface area contributed by atoms with Gasteiger partial charge in [-0.05, 0) is 36.6 Å². The number of aromatic amines is 1. The molecule has 0 aliphatic heterocycles. The monoisotopic (exact) mass is 517 g/mol. The highest BCUT2D eigenvalue weighted by atomic mass is 35.5. The molecule has 12 heteroatoms. The molecule has 0 bridgehead atoms. The number of H-pyrrole nitrogens is 1. The molecule has 1 aliphatic carbocycles. The van der Waals surface area contributed by atoms with Crippen LogP contribution in [0, 0.1) is 5.82 Å². The highest BCUT2D eigenvalue weighted by molar-refractivity contribution is 6.30. The molecule has 0 spiro atoms. The number of carbonyl (C=O) groups excluding carboxylic acids is 1. The standard InChI is InChI=1S/C17H22N6O3.C7H7ClFN/c1-18-17(26)22-13-9-20-16(21-11-5-3-2-4-6-11)23-14(13)10-7-12(15(24)25)19-8-10;8-6-3-5(4-10)1-2-7(6)9/h7-9,11,19H,2-6H2,1H3,(H,24,25)(H2,18,22,26)(H,20,21,23);1-3H,4,10H2. The summed E-state index contributed by atoms with van der Waals surface area (Å²) < 4.78 is 12.5. The average Bonchev–Trinajstić information content (AvgIpc) is 3.38. The molecule has 36 heavy (non-hydrogen) atoms. The first-order valence-electron chi connectivity index (χ1n) is 11.5. The number of anilines is 2. The predicted octanol–water partition coefficient (Wildman–Crippen LogP) is 4.60. The van der Waals surface area contributed by atoms with Crippen molar-refractivity contribution in [2.45, 2.75) is 44.7 Å². The molecule has 2 heterocycles. The molecular formula is C24H29ClFN7O3. The van der Waals surface area contributed by atoms with Crippen LogP contribution in [-0.2, 0) is 6.54 Å². The largest absolute Gasteiger partial charge is 0.477 e. The summed E-state index contributed by atoms with van der Waals surface area (Å²) in [5.74, 6) is -1.00. The first-order valence-corrected chi connectivity index (χ1v) is 11.9. The van der Waals surface area contributed by atoms with E-state index >= 15 is 0 Å². The number of rotatable bonds is 6. The van der Waals surface area contributed by atoms with Crippen molar-refractivity contribution < 1.29 is 19.1 Å². The molecule has 1 aromatic carbocycles. The molecule has 2 amide bonds. The highest BCUT2D eigenvalue weighted by Crippen LogP contribution is 2.28. The minimum atomic E-state index is -1.06. The number of carboxylic acids is 1. The Morgan fingerprint density at radius 1 is 1.25 bits per heavy atom. The van der Waals surface area contributed by atoms with Crippen molar-refractivity contribution in [1.29, 1.82) is 0 Å². The van der Waals surface area contributed by atoms with E-state index in [-0.39, 0.29) is 10.7 Å². The second kappa shape index (κ2) is 12.8. The van der Waals surface area contributed by atoms with Crippen molar-refractivity contribution in [2.24, 2.45) is 5.73 Å². The van der Waals surface area contributed by atoms with E-state index in [0.717, 1.165) is 18.4 Å². The first kappa shape index (κ1) is 26.9. The van der Waals surface area contributed by atoms with Crippen LogP contribution in [0.5, 0.6) is 0 Å². The van der Waals surface area contributed by atoms with Crippen LogP contribution in [-0.4, -0.2) is 45.1 Å². The third-order valence-corrected chi connectivity index (χ3v) is 5.90. The number of carboxylic acid groups (broad SMARTS) is 1. The summed E-state index contributed by atoms with van der Waals surface area (Å²) >= 11 is 5.46. The molecule has 2 aromatic heterocycles. The van der Waals surface area contributed by atoms with Gasteiger partial charge < -0.3 is 31.8 Å². The molecule has 4 rings (SSSR count). The number of hydrogen-bond donors (Lipinski definition) is 6. The molecule has 0 atom stereocenters. The number of aromatic carboxylic acids is 1.